The van der Waals surface area contributed by atoms with Gasteiger partial charge < -0.3 is 10.1 Å². The molecule has 9 heteroatoms. The zero-order valence-corrected chi connectivity index (χ0v) is 22.1. The quantitative estimate of drug-likeness (QED) is 0.471. The summed E-state index contributed by atoms with van der Waals surface area (Å²) in [6.07, 6.45) is 2.07. The number of benzene rings is 2. The highest BCUT2D eigenvalue weighted by atomic mass is 35.5. The van der Waals surface area contributed by atoms with Crippen LogP contribution in [0.5, 0.6) is 5.75 Å². The Morgan fingerprint density at radius 2 is 1.85 bits per heavy atom. The Morgan fingerprint density at radius 3 is 2.47 bits per heavy atom. The van der Waals surface area contributed by atoms with Crippen molar-refractivity contribution in [3.63, 3.8) is 0 Å². The lowest BCUT2D eigenvalue weighted by Gasteiger charge is -2.32. The molecule has 0 bridgehead atoms. The predicted molar refractivity (Wildman–Crippen MR) is 137 cm³/mol. The number of halogens is 2. The highest BCUT2D eigenvalue weighted by Crippen LogP contribution is 2.28. The van der Waals surface area contributed by atoms with Gasteiger partial charge in [-0.15, -0.1) is 0 Å². The molecule has 186 valence electrons. The summed E-state index contributed by atoms with van der Waals surface area (Å²) in [4.78, 5) is 13.2. The van der Waals surface area contributed by atoms with E-state index in [9.17, 15) is 13.2 Å². The fourth-order valence-corrected chi connectivity index (χ4v) is 6.13. The summed E-state index contributed by atoms with van der Waals surface area (Å²) in [7, 11) is -1.98. The van der Waals surface area contributed by atoms with Crippen molar-refractivity contribution < 1.29 is 17.9 Å². The third-order valence-corrected chi connectivity index (χ3v) is 8.58. The number of methoxy groups -OCH3 is 1. The lowest BCUT2D eigenvalue weighted by molar-refractivity contribution is -0.127. The molecule has 0 aliphatic carbocycles. The van der Waals surface area contributed by atoms with Gasteiger partial charge in [-0.25, -0.2) is 12.7 Å². The number of nitrogens with zero attached hydrogens (tertiary/aromatic N) is 1. The lowest BCUT2D eigenvalue weighted by atomic mass is 9.94. The fourth-order valence-electron chi connectivity index (χ4n) is 4.22. The lowest BCUT2D eigenvalue weighted by Crippen LogP contribution is -2.46. The van der Waals surface area contributed by atoms with Crippen LogP contribution < -0.4 is 10.1 Å². The Balaban J connectivity index is 1.69. The van der Waals surface area contributed by atoms with Crippen molar-refractivity contribution in [3.8, 4) is 5.75 Å². The molecule has 1 heterocycles. The third kappa shape index (κ3) is 7.11. The van der Waals surface area contributed by atoms with E-state index in [1.807, 2.05) is 24.3 Å². The zero-order valence-electron chi connectivity index (χ0n) is 19.8. The molecule has 2 aromatic rings. The average molecular weight is 528 g/mol. The second-order valence-corrected chi connectivity index (χ2v) is 11.9. The maximum absolute atomic E-state index is 13.2. The summed E-state index contributed by atoms with van der Waals surface area (Å²) in [6, 6.07) is 12.4. The second kappa shape index (κ2) is 11.8. The van der Waals surface area contributed by atoms with E-state index in [0.717, 1.165) is 17.7 Å². The minimum absolute atomic E-state index is 0.115. The Hall–Kier alpha value is -1.80. The third-order valence-electron chi connectivity index (χ3n) is 6.02. The molecule has 2 aromatic carbocycles. The Bertz CT molecular complexity index is 1090. The molecule has 1 aliphatic heterocycles. The topological polar surface area (TPSA) is 75.7 Å². The first-order valence-corrected chi connectivity index (χ1v) is 13.8. The minimum Gasteiger partial charge on any atom is -0.497 e. The number of carbonyl (C=O) groups excluding carboxylic acids is 1. The van der Waals surface area contributed by atoms with E-state index >= 15 is 0 Å². The van der Waals surface area contributed by atoms with Crippen LogP contribution in [0, 0.1) is 11.8 Å². The van der Waals surface area contributed by atoms with Gasteiger partial charge in [0.1, 0.15) is 5.75 Å². The van der Waals surface area contributed by atoms with Crippen LogP contribution in [0.4, 0.5) is 0 Å². The van der Waals surface area contributed by atoms with E-state index < -0.39 is 15.9 Å². The molecule has 1 saturated heterocycles. The van der Waals surface area contributed by atoms with Gasteiger partial charge in [0.2, 0.25) is 15.9 Å². The van der Waals surface area contributed by atoms with Gasteiger partial charge in [-0.3, -0.25) is 4.79 Å². The molecule has 1 aliphatic rings. The van der Waals surface area contributed by atoms with E-state index in [0.29, 0.717) is 40.9 Å². The monoisotopic (exact) mass is 526 g/mol. The standard InChI is InChI=1S/C25H32Cl2N2O4S/c1-17(2)13-24(19-7-9-21(33-3)10-8-19)28-25(30)20-5-4-12-29(15-20)34(31,32)16-18-6-11-22(26)23(27)14-18/h6-11,14,17,20,24H,4-5,12-13,15-16H2,1-3H3,(H,28,30)/t20-,24+/m0/s1. The van der Waals surface area contributed by atoms with Crippen molar-refractivity contribution in [1.29, 1.82) is 0 Å². The van der Waals surface area contributed by atoms with Crippen molar-refractivity contribution in [2.45, 2.75) is 44.9 Å². The van der Waals surface area contributed by atoms with Crippen molar-refractivity contribution in [3.05, 3.63) is 63.6 Å². The molecule has 0 saturated carbocycles. The van der Waals surface area contributed by atoms with Crippen LogP contribution in [-0.4, -0.2) is 38.8 Å². The highest BCUT2D eigenvalue weighted by Gasteiger charge is 2.33. The number of nitrogens with one attached hydrogen (secondary N) is 1. The minimum atomic E-state index is -3.60. The summed E-state index contributed by atoms with van der Waals surface area (Å²) in [5, 5.41) is 3.87. The maximum atomic E-state index is 13.2. The number of sulfonamides is 1. The average Bonchev–Trinajstić information content (AvgIpc) is 2.80. The molecule has 34 heavy (non-hydrogen) atoms. The van der Waals surface area contributed by atoms with Crippen LogP contribution in [0.1, 0.15) is 50.3 Å². The smallest absolute Gasteiger partial charge is 0.224 e. The molecule has 1 N–H and O–H groups in total. The summed E-state index contributed by atoms with van der Waals surface area (Å²) in [5.41, 5.74) is 1.57. The molecule has 6 nitrogen and oxygen atoms in total. The molecule has 0 aromatic heterocycles. The van der Waals surface area contributed by atoms with Gasteiger partial charge in [-0.05, 0) is 60.6 Å². The Morgan fingerprint density at radius 1 is 1.15 bits per heavy atom. The van der Waals surface area contributed by atoms with Gasteiger partial charge in [-0.1, -0.05) is 55.2 Å². The van der Waals surface area contributed by atoms with Crippen molar-refractivity contribution >= 4 is 39.1 Å². The van der Waals surface area contributed by atoms with Crippen LogP contribution in [0.15, 0.2) is 42.5 Å². The van der Waals surface area contributed by atoms with Crippen LogP contribution in [0.2, 0.25) is 10.0 Å². The van der Waals surface area contributed by atoms with Crippen LogP contribution in [-0.2, 0) is 20.6 Å². The van der Waals surface area contributed by atoms with Gasteiger partial charge in [0.05, 0.1) is 34.9 Å². The summed E-state index contributed by atoms with van der Waals surface area (Å²) >= 11 is 12.0. The maximum Gasteiger partial charge on any atom is 0.224 e. The number of hydrogen-bond acceptors (Lipinski definition) is 4. The van der Waals surface area contributed by atoms with Gasteiger partial charge in [0, 0.05) is 13.1 Å². The first kappa shape index (κ1) is 26.8. The van der Waals surface area contributed by atoms with E-state index in [4.69, 9.17) is 27.9 Å². The molecule has 0 radical (unpaired) electrons. The number of hydrogen-bond donors (Lipinski definition) is 1. The van der Waals surface area contributed by atoms with Crippen LogP contribution in [0.3, 0.4) is 0 Å². The van der Waals surface area contributed by atoms with Crippen molar-refractivity contribution in [2.75, 3.05) is 20.2 Å². The van der Waals surface area contributed by atoms with E-state index in [1.165, 1.54) is 4.31 Å². The van der Waals surface area contributed by atoms with Crippen molar-refractivity contribution in [1.82, 2.24) is 9.62 Å². The number of rotatable bonds is 9. The molecule has 3 rings (SSSR count). The normalized spacial score (nSPS) is 18.0. The molecule has 2 atom stereocenters. The van der Waals surface area contributed by atoms with Crippen LogP contribution in [0.25, 0.3) is 0 Å². The first-order valence-electron chi connectivity index (χ1n) is 11.4. The molecule has 0 unspecified atom stereocenters. The summed E-state index contributed by atoms with van der Waals surface area (Å²) in [5.74, 6) is 0.441. The first-order chi connectivity index (χ1) is 16.1. The zero-order chi connectivity index (χ0) is 24.9. The van der Waals surface area contributed by atoms with Crippen molar-refractivity contribution in [2.24, 2.45) is 11.8 Å². The van der Waals surface area contributed by atoms with E-state index in [-0.39, 0.29) is 24.2 Å². The predicted octanol–water partition coefficient (Wildman–Crippen LogP) is 5.45. The van der Waals surface area contributed by atoms with E-state index in [1.54, 1.807) is 25.3 Å². The molecular weight excluding hydrogens is 495 g/mol. The number of amides is 1. The largest absolute Gasteiger partial charge is 0.497 e. The van der Waals surface area contributed by atoms with Crippen LogP contribution >= 0.6 is 23.2 Å². The molecule has 1 amide bonds. The van der Waals surface area contributed by atoms with Gasteiger partial charge in [-0.2, -0.15) is 0 Å². The Kier molecular flexibility index (Phi) is 9.27. The molecule has 0 spiro atoms. The highest BCUT2D eigenvalue weighted by molar-refractivity contribution is 7.88. The SMILES string of the molecule is COc1ccc([C@@H](CC(C)C)NC(=O)[C@H]2CCCN(S(=O)(=O)Cc3ccc(Cl)c(Cl)c3)C2)cc1. The van der Waals surface area contributed by atoms with Gasteiger partial charge in [0.25, 0.3) is 0 Å². The summed E-state index contributed by atoms with van der Waals surface area (Å²) in [6.45, 7) is 4.80. The molecular formula is C25H32Cl2N2O4S. The van der Waals surface area contributed by atoms with Gasteiger partial charge in [0.15, 0.2) is 0 Å². The number of ether oxygens (including phenoxy) is 1. The second-order valence-electron chi connectivity index (χ2n) is 9.17. The van der Waals surface area contributed by atoms with E-state index in [2.05, 4.69) is 19.2 Å². The van der Waals surface area contributed by atoms with Gasteiger partial charge >= 0.3 is 0 Å². The molecule has 1 fully saturated rings. The Labute approximate surface area is 212 Å². The number of carbonyl (C=O) groups is 1. The number of piperidine rings is 1. The summed E-state index contributed by atoms with van der Waals surface area (Å²) < 4.78 is 32.8. The fraction of sp³-hybridized carbons (Fsp3) is 0.480.